The van der Waals surface area contributed by atoms with Gasteiger partial charge in [0.05, 0.1) is 30.0 Å². The summed E-state index contributed by atoms with van der Waals surface area (Å²) in [7, 11) is 2.13. The second-order valence-electron chi connectivity index (χ2n) is 11.5. The quantitative estimate of drug-likeness (QED) is 0.179. The van der Waals surface area contributed by atoms with Crippen molar-refractivity contribution < 1.29 is 9.63 Å². The number of hydrogen-bond acceptors (Lipinski definition) is 12. The van der Waals surface area contributed by atoms with E-state index in [9.17, 15) is 10.4 Å². The van der Waals surface area contributed by atoms with E-state index in [4.69, 9.17) is 20.7 Å². The van der Waals surface area contributed by atoms with Crippen molar-refractivity contribution in [2.45, 2.75) is 70.4 Å². The summed E-state index contributed by atoms with van der Waals surface area (Å²) >= 11 is 1.50. The van der Waals surface area contributed by atoms with Crippen LogP contribution in [0.1, 0.15) is 83.5 Å². The summed E-state index contributed by atoms with van der Waals surface area (Å²) in [5.74, 6) is 1.64. The molecule has 1 aliphatic heterocycles. The van der Waals surface area contributed by atoms with E-state index in [-0.39, 0.29) is 18.2 Å². The van der Waals surface area contributed by atoms with Gasteiger partial charge in [0.15, 0.2) is 11.5 Å². The zero-order valence-electron chi connectivity index (χ0n) is 25.1. The van der Waals surface area contributed by atoms with E-state index in [0.717, 1.165) is 73.3 Å². The molecule has 0 saturated carbocycles. The summed E-state index contributed by atoms with van der Waals surface area (Å²) in [6.07, 6.45) is 10.0. The number of aliphatic hydroxyl groups is 1. The smallest absolute Gasteiger partial charge is 0.184 e. The summed E-state index contributed by atoms with van der Waals surface area (Å²) in [6, 6.07) is 4.47. The highest BCUT2D eigenvalue weighted by molar-refractivity contribution is 7.16. The Morgan fingerprint density at radius 3 is 2.95 bits per heavy atom. The average Bonchev–Trinajstić information content (AvgIpc) is 3.82. The number of fused-ring (bicyclic) bond motifs is 1. The van der Waals surface area contributed by atoms with Crippen LogP contribution in [-0.4, -0.2) is 73.4 Å². The fourth-order valence-electron chi connectivity index (χ4n) is 6.44. The lowest BCUT2D eigenvalue weighted by molar-refractivity contribution is 0.269. The molecule has 5 heterocycles. The Morgan fingerprint density at radius 1 is 1.34 bits per heavy atom. The van der Waals surface area contributed by atoms with Crippen LogP contribution >= 0.6 is 11.3 Å². The maximum atomic E-state index is 9.97. The van der Waals surface area contributed by atoms with Crippen LogP contribution in [0, 0.1) is 16.7 Å². The highest BCUT2D eigenvalue weighted by Gasteiger charge is 2.35. The molecule has 0 aromatic carbocycles. The fraction of sp³-hybridized carbons (Fsp3) is 0.484. The van der Waals surface area contributed by atoms with Gasteiger partial charge in [-0.2, -0.15) is 10.4 Å². The number of aromatic nitrogens is 5. The molecule has 5 N–H and O–H groups in total. The van der Waals surface area contributed by atoms with E-state index in [1.54, 1.807) is 23.1 Å². The Labute approximate surface area is 260 Å². The highest BCUT2D eigenvalue weighted by Crippen LogP contribution is 2.46. The Hall–Kier alpha value is -4.12. The number of likely N-dealkylation sites (N-methyl/N-ethyl adjacent to an activating group) is 1. The van der Waals surface area contributed by atoms with Gasteiger partial charge in [0.25, 0.3) is 0 Å². The van der Waals surface area contributed by atoms with E-state index in [2.05, 4.69) is 45.5 Å². The molecule has 6 rings (SSSR count). The third kappa shape index (κ3) is 5.60. The number of likely N-dealkylation sites (tertiary alicyclic amines) is 1. The van der Waals surface area contributed by atoms with Gasteiger partial charge in [0, 0.05) is 41.3 Å². The van der Waals surface area contributed by atoms with Gasteiger partial charge in [0.2, 0.25) is 0 Å². The van der Waals surface area contributed by atoms with Crippen molar-refractivity contribution in [1.29, 1.82) is 10.7 Å². The summed E-state index contributed by atoms with van der Waals surface area (Å²) in [5, 5.41) is 41.2. The number of aryl methyl sites for hydroxylation is 1. The largest absolute Gasteiger partial charge is 0.394 e. The van der Waals surface area contributed by atoms with Gasteiger partial charge >= 0.3 is 0 Å². The molecule has 4 aromatic rings. The van der Waals surface area contributed by atoms with Crippen LogP contribution in [0.3, 0.4) is 0 Å². The first kappa shape index (κ1) is 29.9. The fourth-order valence-corrected chi connectivity index (χ4v) is 7.62. The molecule has 0 amide bonds. The molecule has 0 bridgehead atoms. The van der Waals surface area contributed by atoms with E-state index >= 15 is 0 Å². The number of nitriles is 1. The Bertz CT molecular complexity index is 1700. The van der Waals surface area contributed by atoms with Gasteiger partial charge < -0.3 is 25.6 Å². The minimum absolute atomic E-state index is 0.0333. The zero-order chi connectivity index (χ0) is 30.8. The van der Waals surface area contributed by atoms with Crippen LogP contribution in [0.4, 0.5) is 10.8 Å². The average molecular weight is 615 g/mol. The number of nitrogens with one attached hydrogen (secondary N) is 2. The first-order valence-electron chi connectivity index (χ1n) is 15.3. The number of hydrogen-bond donors (Lipinski definition) is 4. The third-order valence-electron chi connectivity index (χ3n) is 8.71. The SMILES string of the molecule is CCCc1sc(N)c(C#N)c1C1CCCc2c(-c3ncc(C(=N)c4ccn(CCO)n4)c(NCC4CCCN4C)n3)noc21. The molecule has 1 saturated heterocycles. The van der Waals surface area contributed by atoms with Crippen molar-refractivity contribution in [3.8, 4) is 17.6 Å². The Kier molecular flexibility index (Phi) is 8.74. The molecule has 44 heavy (non-hydrogen) atoms. The summed E-state index contributed by atoms with van der Waals surface area (Å²) < 4.78 is 7.65. The topological polar surface area (TPSA) is 179 Å². The van der Waals surface area contributed by atoms with Crippen molar-refractivity contribution in [2.24, 2.45) is 0 Å². The van der Waals surface area contributed by atoms with Crippen molar-refractivity contribution in [3.63, 3.8) is 0 Å². The van der Waals surface area contributed by atoms with Crippen molar-refractivity contribution in [1.82, 2.24) is 29.8 Å². The Morgan fingerprint density at radius 2 is 2.20 bits per heavy atom. The summed E-state index contributed by atoms with van der Waals surface area (Å²) in [4.78, 5) is 13.1. The maximum absolute atomic E-state index is 9.97. The molecule has 2 aliphatic rings. The molecule has 4 aromatic heterocycles. The molecule has 12 nitrogen and oxygen atoms in total. The van der Waals surface area contributed by atoms with Crippen molar-refractivity contribution in [3.05, 3.63) is 57.0 Å². The van der Waals surface area contributed by atoms with Gasteiger partial charge in [-0.25, -0.2) is 9.97 Å². The molecule has 230 valence electrons. The molecule has 13 heteroatoms. The van der Waals surface area contributed by atoms with Crippen LogP contribution in [0.15, 0.2) is 23.0 Å². The van der Waals surface area contributed by atoms with Crippen LogP contribution < -0.4 is 11.1 Å². The van der Waals surface area contributed by atoms with Crippen LogP contribution in [0.5, 0.6) is 0 Å². The van der Waals surface area contributed by atoms with E-state index in [1.807, 2.05) is 0 Å². The second-order valence-corrected chi connectivity index (χ2v) is 12.7. The van der Waals surface area contributed by atoms with Crippen molar-refractivity contribution >= 4 is 27.9 Å². The number of nitrogens with two attached hydrogens (primary N) is 1. The van der Waals surface area contributed by atoms with Gasteiger partial charge in [0.1, 0.15) is 28.3 Å². The standard InChI is InChI=1S/C31H38N10O2S/c1-3-6-24-25(21(15-32)29(34)44-24)19-8-4-9-20-27(39-43-28(19)20)31-36-17-22(26(33)23-10-12-41(38-23)13-14-42)30(37-31)35-16-18-7-5-11-40(18)2/h10,12,17-19,33,42H,3-9,11,13-14,16,34H2,1-2H3,(H,35,36,37). The lowest BCUT2D eigenvalue weighted by Crippen LogP contribution is -2.32. The molecular weight excluding hydrogens is 576 g/mol. The molecule has 2 unspecified atom stereocenters. The molecule has 0 radical (unpaired) electrons. The molecule has 1 aliphatic carbocycles. The van der Waals surface area contributed by atoms with E-state index in [0.29, 0.717) is 58.3 Å². The van der Waals surface area contributed by atoms with Crippen LogP contribution in [0.25, 0.3) is 11.5 Å². The van der Waals surface area contributed by atoms with Gasteiger partial charge in [-0.1, -0.05) is 18.5 Å². The van der Waals surface area contributed by atoms with Gasteiger partial charge in [-0.3, -0.25) is 10.1 Å². The van der Waals surface area contributed by atoms with Gasteiger partial charge in [-0.15, -0.1) is 11.3 Å². The third-order valence-corrected chi connectivity index (χ3v) is 9.81. The molecular formula is C31H38N10O2S. The van der Waals surface area contributed by atoms with Crippen LogP contribution in [-0.2, 0) is 19.4 Å². The first-order valence-corrected chi connectivity index (χ1v) is 16.1. The van der Waals surface area contributed by atoms with Gasteiger partial charge in [-0.05, 0) is 63.7 Å². The molecule has 2 atom stereocenters. The summed E-state index contributed by atoms with van der Waals surface area (Å²) in [6.45, 7) is 4.19. The van der Waals surface area contributed by atoms with E-state index in [1.165, 1.54) is 11.3 Å². The lowest BCUT2D eigenvalue weighted by atomic mass is 9.81. The lowest BCUT2D eigenvalue weighted by Gasteiger charge is -2.22. The maximum Gasteiger partial charge on any atom is 0.184 e. The molecule has 0 spiro atoms. The number of nitrogens with zero attached hydrogens (tertiary/aromatic N) is 7. The number of anilines is 2. The normalized spacial score (nSPS) is 18.3. The molecule has 1 fully saturated rings. The minimum Gasteiger partial charge on any atom is -0.394 e. The Balaban J connectivity index is 1.37. The number of aliphatic hydroxyl groups excluding tert-OH is 1. The van der Waals surface area contributed by atoms with Crippen molar-refractivity contribution in [2.75, 3.05) is 37.8 Å². The zero-order valence-corrected chi connectivity index (χ0v) is 26.0. The predicted molar refractivity (Wildman–Crippen MR) is 169 cm³/mol. The van der Waals surface area contributed by atoms with E-state index < -0.39 is 0 Å². The highest BCUT2D eigenvalue weighted by atomic mass is 32.1. The first-order chi connectivity index (χ1) is 21.4. The number of nitrogen functional groups attached to an aromatic ring is 1. The summed E-state index contributed by atoms with van der Waals surface area (Å²) in [5.41, 5.74) is 10.6. The minimum atomic E-state index is -0.0956. The monoisotopic (exact) mass is 614 g/mol. The predicted octanol–water partition coefficient (Wildman–Crippen LogP) is 4.18. The second kappa shape index (κ2) is 12.9. The van der Waals surface area contributed by atoms with Crippen LogP contribution in [0.2, 0.25) is 0 Å². The number of rotatable bonds is 11. The number of thiophene rings is 1.